The Morgan fingerprint density at radius 1 is 0.938 bits per heavy atom. The Morgan fingerprint density at radius 3 is 1.62 bits per heavy atom. The molecule has 0 saturated carbocycles. The number of hydrogen-bond donors (Lipinski definition) is 1. The molecule has 0 bridgehead atoms. The van der Waals surface area contributed by atoms with Crippen molar-refractivity contribution in [1.29, 1.82) is 0 Å². The molecule has 1 nitrogen and oxygen atoms in total. The van der Waals surface area contributed by atoms with Gasteiger partial charge in [-0.1, -0.05) is 0 Å². The van der Waals surface area contributed by atoms with Crippen molar-refractivity contribution < 1.29 is 42.7 Å². The van der Waals surface area contributed by atoms with Crippen LogP contribution in [-0.4, -0.2) is 4.98 Å². The van der Waals surface area contributed by atoms with Crippen molar-refractivity contribution in [3.05, 3.63) is 18.3 Å². The van der Waals surface area contributed by atoms with Gasteiger partial charge >= 0.3 is 94.2 Å². The van der Waals surface area contributed by atoms with Gasteiger partial charge in [0.05, 0.1) is 0 Å². The van der Waals surface area contributed by atoms with Crippen LogP contribution in [0.25, 0.3) is 0 Å². The molecule has 0 fully saturated rings. The SMILES string of the molecule is C[C](C)(C)[Ti+2]([c]1ccc[nH]1)[C](C)(C)C.[Cl-].[Cl-]. The molecule has 0 radical (unpaired) electrons. The van der Waals surface area contributed by atoms with Crippen molar-refractivity contribution in [2.24, 2.45) is 0 Å². The summed E-state index contributed by atoms with van der Waals surface area (Å²) in [6.07, 6.45) is 2.06. The summed E-state index contributed by atoms with van der Waals surface area (Å²) in [4.78, 5) is 3.42. The largest absolute Gasteiger partial charge is 1.00 e. The second kappa shape index (κ2) is 6.49. The molecule has 0 atom stereocenters. The number of hydrogen-bond acceptors (Lipinski definition) is 0. The van der Waals surface area contributed by atoms with Gasteiger partial charge in [-0.3, -0.25) is 0 Å². The summed E-state index contributed by atoms with van der Waals surface area (Å²) >= 11 is -1.28. The Balaban J connectivity index is 0. The van der Waals surface area contributed by atoms with Gasteiger partial charge in [0.15, 0.2) is 0 Å². The van der Waals surface area contributed by atoms with E-state index < -0.39 is 17.9 Å². The van der Waals surface area contributed by atoms with Crippen molar-refractivity contribution in [1.82, 2.24) is 4.98 Å². The van der Waals surface area contributed by atoms with Crippen molar-refractivity contribution in [2.75, 3.05) is 0 Å². The van der Waals surface area contributed by atoms with E-state index in [9.17, 15) is 0 Å². The summed E-state index contributed by atoms with van der Waals surface area (Å²) in [7, 11) is 0. The van der Waals surface area contributed by atoms with E-state index in [4.69, 9.17) is 0 Å². The quantitative estimate of drug-likeness (QED) is 0.562. The standard InChI is InChI=1S/C4H4N.2C4H9.2ClH.Ti/c1-2-4-5-3-1;2*1-4(2)3;;;/h1-3,5H;2*1-3H3;2*1H;/q;;;;;+2/p-2. The molecule has 0 spiro atoms. The predicted molar refractivity (Wildman–Crippen MR) is 59.9 cm³/mol. The van der Waals surface area contributed by atoms with Gasteiger partial charge in [0.25, 0.3) is 0 Å². The average molecular weight is 299 g/mol. The minimum absolute atomic E-state index is 0. The van der Waals surface area contributed by atoms with Crippen LogP contribution in [0.2, 0.25) is 7.44 Å². The van der Waals surface area contributed by atoms with Gasteiger partial charge < -0.3 is 24.8 Å². The maximum Gasteiger partial charge on any atom is -1.00 e. The van der Waals surface area contributed by atoms with Crippen LogP contribution in [0, 0.1) is 0 Å². The second-order valence-electron chi connectivity index (χ2n) is 5.96. The first-order chi connectivity index (χ1) is 6.23. The Bertz CT molecular complexity index is 269. The normalized spacial score (nSPS) is 11.4. The molecule has 1 aromatic heterocycles. The van der Waals surface area contributed by atoms with Crippen molar-refractivity contribution >= 4 is 4.00 Å². The van der Waals surface area contributed by atoms with Crippen LogP contribution in [0.15, 0.2) is 18.3 Å². The Labute approximate surface area is 118 Å². The summed E-state index contributed by atoms with van der Waals surface area (Å²) in [6, 6.07) is 4.39. The van der Waals surface area contributed by atoms with E-state index in [2.05, 4.69) is 64.9 Å². The maximum atomic E-state index is 3.42. The summed E-state index contributed by atoms with van der Waals surface area (Å²) in [5.74, 6) is 0. The van der Waals surface area contributed by atoms with Crippen LogP contribution in [0.1, 0.15) is 41.5 Å². The molecular formula is C12H22Cl2NTi. The zero-order valence-electron chi connectivity index (χ0n) is 11.0. The van der Waals surface area contributed by atoms with Crippen LogP contribution in [0.3, 0.4) is 0 Å². The molecule has 0 saturated heterocycles. The van der Waals surface area contributed by atoms with Crippen LogP contribution >= 0.6 is 0 Å². The molecule has 1 heterocycles. The van der Waals surface area contributed by atoms with E-state index in [1.807, 2.05) is 0 Å². The van der Waals surface area contributed by atoms with E-state index in [0.717, 1.165) is 0 Å². The molecule has 0 aliphatic carbocycles. The van der Waals surface area contributed by atoms with Gasteiger partial charge in [0, 0.05) is 0 Å². The third-order valence-corrected chi connectivity index (χ3v) is 8.38. The number of halogens is 2. The molecule has 0 aliphatic rings. The minimum Gasteiger partial charge on any atom is -1.00 e. The first kappa shape index (κ1) is 18.9. The van der Waals surface area contributed by atoms with Crippen LogP contribution in [-0.2, 0) is 17.9 Å². The van der Waals surface area contributed by atoms with Crippen LogP contribution in [0.5, 0.6) is 0 Å². The van der Waals surface area contributed by atoms with E-state index in [1.54, 1.807) is 0 Å². The topological polar surface area (TPSA) is 15.8 Å². The van der Waals surface area contributed by atoms with E-state index in [-0.39, 0.29) is 24.8 Å². The first-order valence-electron chi connectivity index (χ1n) is 5.24. The Morgan fingerprint density at radius 2 is 1.38 bits per heavy atom. The third kappa shape index (κ3) is 4.83. The Kier molecular flexibility index (Phi) is 7.68. The minimum atomic E-state index is -1.28. The molecule has 1 rings (SSSR count). The van der Waals surface area contributed by atoms with Gasteiger partial charge in [-0.15, -0.1) is 0 Å². The van der Waals surface area contributed by atoms with Crippen LogP contribution < -0.4 is 28.8 Å². The van der Waals surface area contributed by atoms with Gasteiger partial charge in [0.1, 0.15) is 0 Å². The fourth-order valence-corrected chi connectivity index (χ4v) is 9.22. The molecule has 16 heavy (non-hydrogen) atoms. The van der Waals surface area contributed by atoms with E-state index >= 15 is 0 Å². The number of rotatable bonds is 1. The number of H-pyrrole nitrogens is 1. The predicted octanol–water partition coefficient (Wildman–Crippen LogP) is -2.30. The monoisotopic (exact) mass is 298 g/mol. The van der Waals surface area contributed by atoms with E-state index in [1.165, 1.54) is 4.00 Å². The fraction of sp³-hybridized carbons (Fsp3) is 0.667. The molecule has 0 amide bonds. The molecule has 0 unspecified atom stereocenters. The summed E-state index contributed by atoms with van der Waals surface area (Å²) in [5, 5.41) is 0. The number of aromatic nitrogens is 1. The third-order valence-electron chi connectivity index (χ3n) is 2.37. The smallest absolute Gasteiger partial charge is 1.00 e. The molecule has 93 valence electrons. The number of nitrogens with one attached hydrogen (secondary N) is 1. The number of aromatic amines is 1. The fourth-order valence-electron chi connectivity index (χ4n) is 2.42. The zero-order valence-corrected chi connectivity index (χ0v) is 14.1. The van der Waals surface area contributed by atoms with Crippen LogP contribution in [0.4, 0.5) is 0 Å². The first-order valence-corrected chi connectivity index (χ1v) is 7.59. The second-order valence-corrected chi connectivity index (χ2v) is 12.7. The zero-order chi connectivity index (χ0) is 11.0. The molecule has 1 N–H and O–H groups in total. The van der Waals surface area contributed by atoms with Crippen molar-refractivity contribution in [2.45, 2.75) is 49.0 Å². The average Bonchev–Trinajstić information content (AvgIpc) is 2.31. The Hall–Kier alpha value is 0.574. The molecule has 0 aromatic carbocycles. The van der Waals surface area contributed by atoms with Gasteiger partial charge in [-0.05, 0) is 0 Å². The maximum absolute atomic E-state index is 3.42. The van der Waals surface area contributed by atoms with Crippen molar-refractivity contribution in [3.8, 4) is 0 Å². The summed E-state index contributed by atoms with van der Waals surface area (Å²) < 4.78 is 2.44. The van der Waals surface area contributed by atoms with Crippen molar-refractivity contribution in [3.63, 3.8) is 0 Å². The summed E-state index contributed by atoms with van der Waals surface area (Å²) in [6.45, 7) is 14.3. The molecule has 1 aromatic rings. The van der Waals surface area contributed by atoms with Gasteiger partial charge in [-0.2, -0.15) is 0 Å². The summed E-state index contributed by atoms with van der Waals surface area (Å²) in [5.41, 5.74) is 0. The van der Waals surface area contributed by atoms with Gasteiger partial charge in [0.2, 0.25) is 0 Å². The van der Waals surface area contributed by atoms with Gasteiger partial charge in [-0.25, -0.2) is 0 Å². The van der Waals surface area contributed by atoms with E-state index in [0.29, 0.717) is 7.44 Å². The molecule has 0 aliphatic heterocycles. The molecule has 4 heteroatoms. The molecular weight excluding hydrogens is 277 g/mol.